The molecule has 156 valence electrons. The van der Waals surface area contributed by atoms with Crippen molar-refractivity contribution in [2.75, 3.05) is 0 Å². The van der Waals surface area contributed by atoms with Gasteiger partial charge in [0.25, 0.3) is 0 Å². The molecule has 0 N–H and O–H groups in total. The molecule has 0 spiro atoms. The van der Waals surface area contributed by atoms with Crippen LogP contribution in [0.3, 0.4) is 0 Å². The Morgan fingerprint density at radius 2 is 1.00 bits per heavy atom. The van der Waals surface area contributed by atoms with Crippen LogP contribution in [0.15, 0.2) is 85.0 Å². The van der Waals surface area contributed by atoms with Crippen LogP contribution in [0.25, 0.3) is 0 Å². The lowest BCUT2D eigenvalue weighted by molar-refractivity contribution is 0.204. The van der Waals surface area contributed by atoms with Gasteiger partial charge in [0.15, 0.2) is 0 Å². The molecule has 2 saturated heterocycles. The number of likely N-dealkylation sites (tertiary alicyclic amines) is 2. The van der Waals surface area contributed by atoms with E-state index in [2.05, 4.69) is 109 Å². The van der Waals surface area contributed by atoms with Gasteiger partial charge in [0, 0.05) is 37.3 Å². The zero-order valence-corrected chi connectivity index (χ0v) is 18.3. The van der Waals surface area contributed by atoms with E-state index in [4.69, 9.17) is 0 Å². The van der Waals surface area contributed by atoms with Gasteiger partial charge in [0.2, 0.25) is 0 Å². The van der Waals surface area contributed by atoms with Gasteiger partial charge in [0.05, 0.1) is 0 Å². The Bertz CT molecular complexity index is 812. The van der Waals surface area contributed by atoms with Crippen LogP contribution >= 0.6 is 0 Å². The van der Waals surface area contributed by atoms with Gasteiger partial charge < -0.3 is 0 Å². The van der Waals surface area contributed by atoms with Crippen LogP contribution < -0.4 is 0 Å². The van der Waals surface area contributed by atoms with E-state index in [1.807, 2.05) is 0 Å². The average molecular weight is 399 g/mol. The Hall–Kier alpha value is -2.16. The minimum Gasteiger partial charge on any atom is -0.289 e. The van der Waals surface area contributed by atoms with E-state index in [9.17, 15) is 0 Å². The van der Waals surface area contributed by atoms with Crippen LogP contribution in [0.5, 0.6) is 0 Å². The predicted molar refractivity (Wildman–Crippen MR) is 125 cm³/mol. The van der Waals surface area contributed by atoms with Crippen molar-refractivity contribution in [3.8, 4) is 0 Å². The first-order valence-corrected chi connectivity index (χ1v) is 11.6. The number of nitrogens with zero attached hydrogens (tertiary/aromatic N) is 2. The first-order valence-electron chi connectivity index (χ1n) is 11.6. The molecule has 0 aromatic heterocycles. The van der Waals surface area contributed by atoms with Crippen LogP contribution in [-0.2, 0) is 13.1 Å². The molecule has 0 radical (unpaired) electrons. The number of fused-ring (bicyclic) bond motifs is 4. The van der Waals surface area contributed by atoms with Crippen molar-refractivity contribution in [3.63, 3.8) is 0 Å². The first kappa shape index (κ1) is 19.8. The smallest absolute Gasteiger partial charge is 0.0291 e. The van der Waals surface area contributed by atoms with Crippen molar-refractivity contribution in [1.82, 2.24) is 9.80 Å². The summed E-state index contributed by atoms with van der Waals surface area (Å²) in [7, 11) is 0. The number of rotatable bonds is 4. The predicted octanol–water partition coefficient (Wildman–Crippen LogP) is 5.67. The average Bonchev–Trinajstić information content (AvgIpc) is 3.56. The van der Waals surface area contributed by atoms with E-state index in [0.29, 0.717) is 12.1 Å². The highest BCUT2D eigenvalue weighted by molar-refractivity contribution is 5.21. The molecule has 2 aliphatic carbocycles. The number of hydrogen-bond donors (Lipinski definition) is 0. The standard InChI is InChI=1S/2C14H17N/c2*1-11-13-7-8-14(9-13)15(11)10-12-5-3-2-4-6-12/h2*2-8,11,13-14H,9-10H2,1H3. The molecule has 2 aliphatic heterocycles. The maximum Gasteiger partial charge on any atom is 0.0291 e. The molecule has 2 fully saturated rings. The highest BCUT2D eigenvalue weighted by Gasteiger charge is 2.40. The van der Waals surface area contributed by atoms with E-state index in [1.54, 1.807) is 0 Å². The van der Waals surface area contributed by atoms with Crippen molar-refractivity contribution in [1.29, 1.82) is 0 Å². The molecule has 6 unspecified atom stereocenters. The molecule has 2 aromatic carbocycles. The minimum absolute atomic E-state index is 0.699. The molecule has 4 bridgehead atoms. The molecule has 2 heterocycles. The summed E-state index contributed by atoms with van der Waals surface area (Å²) in [5.41, 5.74) is 2.87. The SMILES string of the molecule is CC1C2C=CC(C2)N1Cc1ccccc1.CC1C2C=CC(C2)N1Cc1ccccc1. The molecule has 6 rings (SSSR count). The van der Waals surface area contributed by atoms with Gasteiger partial charge in [-0.2, -0.15) is 0 Å². The highest BCUT2D eigenvalue weighted by atomic mass is 15.2. The van der Waals surface area contributed by atoms with Crippen molar-refractivity contribution < 1.29 is 0 Å². The summed E-state index contributed by atoms with van der Waals surface area (Å²) in [6.45, 7) is 6.93. The maximum absolute atomic E-state index is 2.62. The van der Waals surface area contributed by atoms with Crippen molar-refractivity contribution >= 4 is 0 Å². The second-order valence-corrected chi connectivity index (χ2v) is 9.50. The fourth-order valence-corrected chi connectivity index (χ4v) is 5.83. The van der Waals surface area contributed by atoms with E-state index in [0.717, 1.165) is 37.0 Å². The third kappa shape index (κ3) is 3.91. The van der Waals surface area contributed by atoms with Gasteiger partial charge in [-0.3, -0.25) is 9.80 Å². The monoisotopic (exact) mass is 398 g/mol. The van der Waals surface area contributed by atoms with Crippen LogP contribution in [0.2, 0.25) is 0 Å². The van der Waals surface area contributed by atoms with Gasteiger partial charge in [0.1, 0.15) is 0 Å². The van der Waals surface area contributed by atoms with Crippen LogP contribution in [-0.4, -0.2) is 34.0 Å². The van der Waals surface area contributed by atoms with E-state index in [1.165, 1.54) is 24.0 Å². The molecule has 6 atom stereocenters. The van der Waals surface area contributed by atoms with E-state index < -0.39 is 0 Å². The number of hydrogen-bond acceptors (Lipinski definition) is 2. The molecular formula is C28H34N2. The Morgan fingerprint density at radius 1 is 0.600 bits per heavy atom. The fourth-order valence-electron chi connectivity index (χ4n) is 5.83. The fraction of sp³-hybridized carbons (Fsp3) is 0.429. The zero-order valence-electron chi connectivity index (χ0n) is 18.3. The third-order valence-corrected chi connectivity index (χ3v) is 7.74. The summed E-state index contributed by atoms with van der Waals surface area (Å²) < 4.78 is 0. The Kier molecular flexibility index (Phi) is 5.62. The molecule has 2 aromatic rings. The molecular weight excluding hydrogens is 364 g/mol. The lowest BCUT2D eigenvalue weighted by atomic mass is 10.0. The molecule has 0 saturated carbocycles. The first-order chi connectivity index (χ1) is 14.7. The van der Waals surface area contributed by atoms with Gasteiger partial charge in [-0.25, -0.2) is 0 Å². The molecule has 30 heavy (non-hydrogen) atoms. The van der Waals surface area contributed by atoms with Crippen LogP contribution in [0.4, 0.5) is 0 Å². The summed E-state index contributed by atoms with van der Waals surface area (Å²) in [4.78, 5) is 5.25. The molecule has 2 nitrogen and oxygen atoms in total. The van der Waals surface area contributed by atoms with E-state index in [-0.39, 0.29) is 0 Å². The second-order valence-electron chi connectivity index (χ2n) is 9.50. The lowest BCUT2D eigenvalue weighted by Crippen LogP contribution is -2.36. The Balaban J connectivity index is 0.000000128. The summed E-state index contributed by atoms with van der Waals surface area (Å²) in [6.07, 6.45) is 12.2. The largest absolute Gasteiger partial charge is 0.289 e. The van der Waals surface area contributed by atoms with Crippen molar-refractivity contribution in [2.45, 2.75) is 63.9 Å². The highest BCUT2D eigenvalue weighted by Crippen LogP contribution is 2.38. The summed E-state index contributed by atoms with van der Waals surface area (Å²) in [6, 6.07) is 24.4. The Labute approximate surface area is 181 Å². The van der Waals surface area contributed by atoms with Gasteiger partial charge in [-0.15, -0.1) is 0 Å². The van der Waals surface area contributed by atoms with E-state index >= 15 is 0 Å². The second kappa shape index (κ2) is 8.53. The van der Waals surface area contributed by atoms with Gasteiger partial charge in [-0.05, 0) is 49.7 Å². The maximum atomic E-state index is 2.62. The molecule has 4 aliphatic rings. The van der Waals surface area contributed by atoms with Gasteiger partial charge >= 0.3 is 0 Å². The lowest BCUT2D eigenvalue weighted by Gasteiger charge is -2.29. The van der Waals surface area contributed by atoms with Crippen LogP contribution in [0.1, 0.15) is 37.8 Å². The van der Waals surface area contributed by atoms with Crippen molar-refractivity contribution in [3.05, 3.63) is 96.1 Å². The summed E-state index contributed by atoms with van der Waals surface area (Å²) in [5.74, 6) is 1.61. The topological polar surface area (TPSA) is 6.48 Å². The molecule has 0 amide bonds. The summed E-state index contributed by atoms with van der Waals surface area (Å²) >= 11 is 0. The van der Waals surface area contributed by atoms with Crippen LogP contribution in [0, 0.1) is 11.8 Å². The molecule has 2 heteroatoms. The third-order valence-electron chi connectivity index (χ3n) is 7.74. The van der Waals surface area contributed by atoms with Gasteiger partial charge in [-0.1, -0.05) is 85.0 Å². The van der Waals surface area contributed by atoms with Crippen molar-refractivity contribution in [2.24, 2.45) is 11.8 Å². The Morgan fingerprint density at radius 3 is 1.33 bits per heavy atom. The normalized spacial score (nSPS) is 33.8. The number of benzene rings is 2. The zero-order chi connectivity index (χ0) is 20.5. The minimum atomic E-state index is 0.699. The summed E-state index contributed by atoms with van der Waals surface area (Å²) in [5, 5.41) is 0. The quantitative estimate of drug-likeness (QED) is 0.612.